The SMILES string of the molecule is Cl.Cn1c2ccc3ccccc3c2c2cccc(CNC(C)(CO)CO)c21. The number of aromatic nitrogens is 1. The van der Waals surface area contributed by atoms with Crippen molar-refractivity contribution in [3.8, 4) is 0 Å². The van der Waals surface area contributed by atoms with Gasteiger partial charge in [0.25, 0.3) is 0 Å². The molecule has 142 valence electrons. The Morgan fingerprint density at radius 3 is 2.37 bits per heavy atom. The van der Waals surface area contributed by atoms with E-state index in [1.165, 1.54) is 32.6 Å². The van der Waals surface area contributed by atoms with Crippen LogP contribution in [0.3, 0.4) is 0 Å². The lowest BCUT2D eigenvalue weighted by Crippen LogP contribution is -2.48. The molecule has 1 heterocycles. The second kappa shape index (κ2) is 7.49. The van der Waals surface area contributed by atoms with Gasteiger partial charge in [-0.1, -0.05) is 48.5 Å². The average molecular weight is 385 g/mol. The van der Waals surface area contributed by atoms with Crippen molar-refractivity contribution in [1.82, 2.24) is 9.88 Å². The average Bonchev–Trinajstić information content (AvgIpc) is 2.99. The Kier molecular flexibility index (Phi) is 5.45. The smallest absolute Gasteiger partial charge is 0.0633 e. The fraction of sp³-hybridized carbons (Fsp3) is 0.273. The summed E-state index contributed by atoms with van der Waals surface area (Å²) in [5, 5.41) is 27.4. The van der Waals surface area contributed by atoms with Crippen LogP contribution in [0.25, 0.3) is 32.6 Å². The third kappa shape index (κ3) is 3.19. The number of aliphatic hydroxyl groups excluding tert-OH is 2. The number of fused-ring (bicyclic) bond motifs is 5. The third-order valence-electron chi connectivity index (χ3n) is 5.40. The molecule has 0 saturated carbocycles. The van der Waals surface area contributed by atoms with Gasteiger partial charge in [0, 0.05) is 29.9 Å². The molecule has 0 atom stereocenters. The number of nitrogens with zero attached hydrogens (tertiary/aromatic N) is 1. The van der Waals surface area contributed by atoms with E-state index in [1.807, 2.05) is 6.92 Å². The fourth-order valence-corrected chi connectivity index (χ4v) is 3.75. The molecule has 0 bridgehead atoms. The van der Waals surface area contributed by atoms with Crippen LogP contribution in [0, 0.1) is 0 Å². The van der Waals surface area contributed by atoms with Crippen LogP contribution in [0.5, 0.6) is 0 Å². The molecule has 1 aromatic heterocycles. The first-order valence-electron chi connectivity index (χ1n) is 8.92. The van der Waals surface area contributed by atoms with E-state index in [9.17, 15) is 10.2 Å². The highest BCUT2D eigenvalue weighted by Gasteiger charge is 2.22. The standard InChI is InChI=1S/C22H24N2O2.ClH/c1-22(13-25,14-26)23-12-16-7-5-9-18-20-17-8-4-3-6-15(17)10-11-19(20)24(2)21(16)18;/h3-11,23,25-26H,12-14H2,1-2H3;1H. The van der Waals surface area contributed by atoms with Crippen molar-refractivity contribution in [2.45, 2.75) is 19.0 Å². The Hall–Kier alpha value is -2.11. The first-order chi connectivity index (χ1) is 12.6. The van der Waals surface area contributed by atoms with Crippen molar-refractivity contribution in [2.75, 3.05) is 13.2 Å². The predicted octanol–water partition coefficient (Wildman–Crippen LogP) is 3.74. The van der Waals surface area contributed by atoms with Crippen LogP contribution in [0.15, 0.2) is 54.6 Å². The first-order valence-corrected chi connectivity index (χ1v) is 8.92. The second-order valence-electron chi connectivity index (χ2n) is 7.28. The molecule has 0 fully saturated rings. The molecule has 4 rings (SSSR count). The Morgan fingerprint density at radius 1 is 0.926 bits per heavy atom. The van der Waals surface area contributed by atoms with Crippen LogP contribution in [0.4, 0.5) is 0 Å². The monoisotopic (exact) mass is 384 g/mol. The van der Waals surface area contributed by atoms with Gasteiger partial charge in [-0.2, -0.15) is 0 Å². The summed E-state index contributed by atoms with van der Waals surface area (Å²) in [6.07, 6.45) is 0. The second-order valence-corrected chi connectivity index (χ2v) is 7.28. The predicted molar refractivity (Wildman–Crippen MR) is 115 cm³/mol. The molecule has 0 aliphatic heterocycles. The van der Waals surface area contributed by atoms with E-state index in [4.69, 9.17) is 0 Å². The Bertz CT molecular complexity index is 1100. The highest BCUT2D eigenvalue weighted by atomic mass is 35.5. The lowest BCUT2D eigenvalue weighted by molar-refractivity contribution is 0.103. The van der Waals surface area contributed by atoms with Gasteiger partial charge in [-0.15, -0.1) is 12.4 Å². The van der Waals surface area contributed by atoms with Crippen LogP contribution >= 0.6 is 12.4 Å². The van der Waals surface area contributed by atoms with Crippen molar-refractivity contribution < 1.29 is 10.2 Å². The van der Waals surface area contributed by atoms with Crippen molar-refractivity contribution in [3.05, 3.63) is 60.2 Å². The molecule has 0 amide bonds. The number of rotatable bonds is 5. The van der Waals surface area contributed by atoms with Gasteiger partial charge in [-0.25, -0.2) is 0 Å². The zero-order valence-corrected chi connectivity index (χ0v) is 16.4. The quantitative estimate of drug-likeness (QED) is 0.491. The number of halogens is 1. The maximum absolute atomic E-state index is 9.54. The molecule has 3 aromatic carbocycles. The summed E-state index contributed by atoms with van der Waals surface area (Å²) in [6.45, 7) is 2.18. The number of hydrogen-bond donors (Lipinski definition) is 3. The third-order valence-corrected chi connectivity index (χ3v) is 5.40. The number of hydrogen-bond acceptors (Lipinski definition) is 3. The molecular formula is C22H25ClN2O2. The summed E-state index contributed by atoms with van der Waals surface area (Å²) in [5.74, 6) is 0. The van der Waals surface area contributed by atoms with Crippen molar-refractivity contribution in [2.24, 2.45) is 7.05 Å². The zero-order valence-electron chi connectivity index (χ0n) is 15.6. The van der Waals surface area contributed by atoms with Crippen LogP contribution in [-0.4, -0.2) is 33.5 Å². The molecule has 0 saturated heterocycles. The van der Waals surface area contributed by atoms with E-state index in [-0.39, 0.29) is 25.6 Å². The van der Waals surface area contributed by atoms with Gasteiger partial charge in [0.2, 0.25) is 0 Å². The van der Waals surface area contributed by atoms with Crippen molar-refractivity contribution >= 4 is 45.0 Å². The number of aryl methyl sites for hydroxylation is 1. The van der Waals surface area contributed by atoms with Gasteiger partial charge in [-0.3, -0.25) is 0 Å². The van der Waals surface area contributed by atoms with Crippen LogP contribution in [0.2, 0.25) is 0 Å². The highest BCUT2D eigenvalue weighted by Crippen LogP contribution is 2.35. The Morgan fingerprint density at radius 2 is 1.63 bits per heavy atom. The lowest BCUT2D eigenvalue weighted by Gasteiger charge is -2.26. The summed E-state index contributed by atoms with van der Waals surface area (Å²) >= 11 is 0. The van der Waals surface area contributed by atoms with Crippen LogP contribution in [0.1, 0.15) is 12.5 Å². The van der Waals surface area contributed by atoms with Gasteiger partial charge < -0.3 is 20.1 Å². The molecule has 0 aliphatic carbocycles. The van der Waals surface area contributed by atoms with E-state index in [0.717, 1.165) is 5.56 Å². The fourth-order valence-electron chi connectivity index (χ4n) is 3.75. The summed E-state index contributed by atoms with van der Waals surface area (Å²) in [5.41, 5.74) is 2.85. The number of para-hydroxylation sites is 1. The minimum absolute atomic E-state index is 0. The summed E-state index contributed by atoms with van der Waals surface area (Å²) in [4.78, 5) is 0. The topological polar surface area (TPSA) is 57.4 Å². The minimum atomic E-state index is -0.695. The molecule has 3 N–H and O–H groups in total. The summed E-state index contributed by atoms with van der Waals surface area (Å²) in [6, 6.07) is 19.2. The molecule has 4 aromatic rings. The molecule has 0 unspecified atom stereocenters. The van der Waals surface area contributed by atoms with Crippen molar-refractivity contribution in [3.63, 3.8) is 0 Å². The van der Waals surface area contributed by atoms with Crippen LogP contribution in [-0.2, 0) is 13.6 Å². The van der Waals surface area contributed by atoms with E-state index < -0.39 is 5.54 Å². The largest absolute Gasteiger partial charge is 0.394 e. The number of benzene rings is 3. The molecule has 5 heteroatoms. The van der Waals surface area contributed by atoms with E-state index >= 15 is 0 Å². The van der Waals surface area contributed by atoms with Gasteiger partial charge in [0.15, 0.2) is 0 Å². The van der Waals surface area contributed by atoms with Gasteiger partial charge in [0.05, 0.1) is 24.3 Å². The number of nitrogens with one attached hydrogen (secondary N) is 1. The molecule has 0 spiro atoms. The van der Waals surface area contributed by atoms with E-state index in [2.05, 4.69) is 71.5 Å². The molecule has 27 heavy (non-hydrogen) atoms. The first kappa shape index (κ1) is 19.6. The van der Waals surface area contributed by atoms with E-state index in [0.29, 0.717) is 6.54 Å². The molecule has 4 nitrogen and oxygen atoms in total. The Labute approximate surface area is 164 Å². The number of aliphatic hydroxyl groups is 2. The van der Waals surface area contributed by atoms with Crippen LogP contribution < -0.4 is 5.32 Å². The van der Waals surface area contributed by atoms with Gasteiger partial charge in [0.1, 0.15) is 0 Å². The maximum Gasteiger partial charge on any atom is 0.0633 e. The van der Waals surface area contributed by atoms with Gasteiger partial charge >= 0.3 is 0 Å². The zero-order chi connectivity index (χ0) is 18.3. The summed E-state index contributed by atoms with van der Waals surface area (Å²) in [7, 11) is 2.10. The summed E-state index contributed by atoms with van der Waals surface area (Å²) < 4.78 is 2.24. The van der Waals surface area contributed by atoms with E-state index in [1.54, 1.807) is 0 Å². The Balaban J connectivity index is 0.00000210. The van der Waals surface area contributed by atoms with Gasteiger partial charge in [-0.05, 0) is 29.3 Å². The lowest BCUT2D eigenvalue weighted by atomic mass is 10.0. The molecular weight excluding hydrogens is 360 g/mol. The minimum Gasteiger partial charge on any atom is -0.394 e. The normalized spacial score (nSPS) is 12.0. The maximum atomic E-state index is 9.54. The highest BCUT2D eigenvalue weighted by molar-refractivity contribution is 6.21. The van der Waals surface area contributed by atoms with Crippen molar-refractivity contribution in [1.29, 1.82) is 0 Å². The molecule has 0 radical (unpaired) electrons. The molecule has 0 aliphatic rings.